The van der Waals surface area contributed by atoms with Crippen molar-refractivity contribution in [2.24, 2.45) is 0 Å². The molecule has 3 amide bonds. The van der Waals surface area contributed by atoms with E-state index in [9.17, 15) is 14.0 Å². The van der Waals surface area contributed by atoms with Crippen molar-refractivity contribution in [2.75, 3.05) is 23.7 Å². The second-order valence-electron chi connectivity index (χ2n) is 5.71. The van der Waals surface area contributed by atoms with Crippen molar-refractivity contribution in [1.29, 1.82) is 0 Å². The molecule has 0 aliphatic carbocycles. The molecule has 2 heterocycles. The minimum atomic E-state index is -0.310. The van der Waals surface area contributed by atoms with Gasteiger partial charge in [-0.1, -0.05) is 12.1 Å². The largest absolute Gasteiger partial charge is 0.352 e. The van der Waals surface area contributed by atoms with Crippen molar-refractivity contribution >= 4 is 29.4 Å². The lowest BCUT2D eigenvalue weighted by atomic mass is 10.2. The van der Waals surface area contributed by atoms with Crippen molar-refractivity contribution < 1.29 is 14.0 Å². The maximum absolute atomic E-state index is 12.8. The van der Waals surface area contributed by atoms with Gasteiger partial charge in [0.15, 0.2) is 0 Å². The molecule has 26 heavy (non-hydrogen) atoms. The maximum atomic E-state index is 12.8. The van der Waals surface area contributed by atoms with Crippen LogP contribution in [0.2, 0.25) is 0 Å². The Hall–Kier alpha value is -2.61. The minimum Gasteiger partial charge on any atom is -0.352 e. The molecule has 0 saturated carbocycles. The number of aromatic nitrogens is 1. The summed E-state index contributed by atoms with van der Waals surface area (Å²) in [5.74, 6) is 0.303. The van der Waals surface area contributed by atoms with Crippen LogP contribution in [0.4, 0.5) is 14.9 Å². The molecular formula is C18H19FN4O2S. The number of amides is 3. The molecule has 2 N–H and O–H groups in total. The van der Waals surface area contributed by atoms with Gasteiger partial charge in [-0.2, -0.15) is 0 Å². The number of halogens is 1. The molecule has 0 spiro atoms. The predicted octanol–water partition coefficient (Wildman–Crippen LogP) is 2.55. The van der Waals surface area contributed by atoms with Crippen molar-refractivity contribution in [3.63, 3.8) is 0 Å². The SMILES string of the molecule is O=C(CCNC(=O)N1CCSc2ncccc21)NCc1ccc(F)cc1. The molecule has 0 unspecified atom stereocenters. The number of thioether (sulfide) groups is 1. The molecule has 8 heteroatoms. The van der Waals surface area contributed by atoms with Crippen molar-refractivity contribution in [2.45, 2.75) is 18.0 Å². The molecule has 0 bridgehead atoms. The van der Waals surface area contributed by atoms with Crippen LogP contribution in [0.25, 0.3) is 0 Å². The van der Waals surface area contributed by atoms with Gasteiger partial charge in [0.25, 0.3) is 0 Å². The van der Waals surface area contributed by atoms with Crippen LogP contribution in [-0.2, 0) is 11.3 Å². The Kier molecular flexibility index (Phi) is 6.06. The monoisotopic (exact) mass is 374 g/mol. The fourth-order valence-electron chi connectivity index (χ4n) is 2.53. The van der Waals surface area contributed by atoms with E-state index in [1.807, 2.05) is 6.07 Å². The summed E-state index contributed by atoms with van der Waals surface area (Å²) in [7, 11) is 0. The molecule has 3 rings (SSSR count). The first kappa shape index (κ1) is 18.2. The highest BCUT2D eigenvalue weighted by Gasteiger charge is 2.23. The van der Waals surface area contributed by atoms with Gasteiger partial charge in [0.1, 0.15) is 10.8 Å². The number of carbonyl (C=O) groups is 2. The molecule has 0 atom stereocenters. The van der Waals surface area contributed by atoms with Gasteiger partial charge in [0.2, 0.25) is 5.91 Å². The molecule has 1 aliphatic rings. The van der Waals surface area contributed by atoms with Crippen LogP contribution in [0, 0.1) is 5.82 Å². The van der Waals surface area contributed by atoms with Crippen LogP contribution in [0.5, 0.6) is 0 Å². The van der Waals surface area contributed by atoms with Gasteiger partial charge in [-0.3, -0.25) is 9.69 Å². The van der Waals surface area contributed by atoms with Gasteiger partial charge in [-0.25, -0.2) is 14.2 Å². The van der Waals surface area contributed by atoms with E-state index in [1.54, 1.807) is 41.1 Å². The molecule has 0 fully saturated rings. The van der Waals surface area contributed by atoms with E-state index in [2.05, 4.69) is 15.6 Å². The Labute approximate surface area is 155 Å². The number of nitrogens with zero attached hydrogens (tertiary/aromatic N) is 2. The summed E-state index contributed by atoms with van der Waals surface area (Å²) in [6, 6.07) is 9.38. The van der Waals surface area contributed by atoms with Crippen LogP contribution < -0.4 is 15.5 Å². The Morgan fingerprint density at radius 3 is 2.81 bits per heavy atom. The van der Waals surface area contributed by atoms with Gasteiger partial charge in [0.05, 0.1) is 5.69 Å². The van der Waals surface area contributed by atoms with E-state index >= 15 is 0 Å². The number of carbonyl (C=O) groups excluding carboxylic acids is 2. The summed E-state index contributed by atoms with van der Waals surface area (Å²) in [5.41, 5.74) is 1.61. The van der Waals surface area contributed by atoms with E-state index < -0.39 is 0 Å². The number of anilines is 1. The molecule has 136 valence electrons. The van der Waals surface area contributed by atoms with Crippen LogP contribution in [0.1, 0.15) is 12.0 Å². The zero-order valence-electron chi connectivity index (χ0n) is 14.1. The molecule has 1 aliphatic heterocycles. The number of hydrogen-bond acceptors (Lipinski definition) is 4. The molecule has 1 aromatic heterocycles. The number of rotatable bonds is 5. The summed E-state index contributed by atoms with van der Waals surface area (Å²) >= 11 is 1.62. The summed E-state index contributed by atoms with van der Waals surface area (Å²) in [4.78, 5) is 30.2. The van der Waals surface area contributed by atoms with Gasteiger partial charge in [0, 0.05) is 38.0 Å². The predicted molar refractivity (Wildman–Crippen MR) is 98.6 cm³/mol. The first-order valence-corrected chi connectivity index (χ1v) is 9.26. The molecule has 0 radical (unpaired) electrons. The summed E-state index contributed by atoms with van der Waals surface area (Å²) < 4.78 is 12.8. The van der Waals surface area contributed by atoms with E-state index in [1.165, 1.54) is 12.1 Å². The van der Waals surface area contributed by atoms with Crippen LogP contribution >= 0.6 is 11.8 Å². The van der Waals surface area contributed by atoms with E-state index in [4.69, 9.17) is 0 Å². The Morgan fingerprint density at radius 1 is 1.19 bits per heavy atom. The number of hydrogen-bond donors (Lipinski definition) is 2. The van der Waals surface area contributed by atoms with Crippen LogP contribution in [0.3, 0.4) is 0 Å². The smallest absolute Gasteiger partial charge is 0.322 e. The minimum absolute atomic E-state index is 0.175. The number of nitrogens with one attached hydrogen (secondary N) is 2. The average molecular weight is 374 g/mol. The van der Waals surface area contributed by atoms with E-state index in [-0.39, 0.29) is 30.7 Å². The third-order valence-corrected chi connectivity index (χ3v) is 4.85. The molecule has 1 aromatic carbocycles. The summed E-state index contributed by atoms with van der Waals surface area (Å²) in [6.45, 7) is 1.18. The highest BCUT2D eigenvalue weighted by atomic mass is 32.2. The van der Waals surface area contributed by atoms with Crippen molar-refractivity contribution in [3.05, 3.63) is 54.0 Å². The van der Waals surface area contributed by atoms with E-state index in [0.29, 0.717) is 13.1 Å². The second kappa shape index (κ2) is 8.66. The average Bonchev–Trinajstić information content (AvgIpc) is 2.67. The number of pyridine rings is 1. The highest BCUT2D eigenvalue weighted by molar-refractivity contribution is 7.99. The number of urea groups is 1. The Bertz CT molecular complexity index is 785. The number of fused-ring (bicyclic) bond motifs is 1. The quantitative estimate of drug-likeness (QED) is 0.844. The third-order valence-electron chi connectivity index (χ3n) is 3.87. The summed E-state index contributed by atoms with van der Waals surface area (Å²) in [5, 5.41) is 6.36. The van der Waals surface area contributed by atoms with Gasteiger partial charge in [-0.15, -0.1) is 11.8 Å². The Morgan fingerprint density at radius 2 is 2.00 bits per heavy atom. The standard InChI is InChI=1S/C18H19FN4O2S/c19-14-5-3-13(4-6-14)12-22-16(24)7-9-21-18(25)23-10-11-26-17-15(23)2-1-8-20-17/h1-6,8H,7,9-12H2,(H,21,25)(H,22,24). The normalized spacial score (nSPS) is 13.0. The van der Waals surface area contributed by atoms with Gasteiger partial charge in [-0.05, 0) is 29.8 Å². The zero-order chi connectivity index (χ0) is 18.4. The van der Waals surface area contributed by atoms with Gasteiger partial charge >= 0.3 is 6.03 Å². The molecular weight excluding hydrogens is 355 g/mol. The first-order chi connectivity index (χ1) is 12.6. The Balaban J connectivity index is 1.42. The van der Waals surface area contributed by atoms with Crippen molar-refractivity contribution in [1.82, 2.24) is 15.6 Å². The fraction of sp³-hybridized carbons (Fsp3) is 0.278. The molecule has 2 aromatic rings. The summed E-state index contributed by atoms with van der Waals surface area (Å²) in [6.07, 6.45) is 1.88. The topological polar surface area (TPSA) is 74.3 Å². The third kappa shape index (κ3) is 4.72. The maximum Gasteiger partial charge on any atom is 0.322 e. The van der Waals surface area contributed by atoms with E-state index in [0.717, 1.165) is 22.0 Å². The lowest BCUT2D eigenvalue weighted by molar-refractivity contribution is -0.121. The molecule has 0 saturated heterocycles. The highest BCUT2D eigenvalue weighted by Crippen LogP contribution is 2.32. The zero-order valence-corrected chi connectivity index (χ0v) is 14.9. The lowest BCUT2D eigenvalue weighted by Crippen LogP contribution is -2.44. The van der Waals surface area contributed by atoms with Crippen LogP contribution in [0.15, 0.2) is 47.6 Å². The van der Waals surface area contributed by atoms with Crippen LogP contribution in [-0.4, -0.2) is 35.8 Å². The fourth-order valence-corrected chi connectivity index (χ4v) is 3.46. The first-order valence-electron chi connectivity index (χ1n) is 8.28. The molecule has 6 nitrogen and oxygen atoms in total. The second-order valence-corrected chi connectivity index (χ2v) is 6.80. The van der Waals surface area contributed by atoms with Crippen molar-refractivity contribution in [3.8, 4) is 0 Å². The lowest BCUT2D eigenvalue weighted by Gasteiger charge is -2.28. The van der Waals surface area contributed by atoms with Gasteiger partial charge < -0.3 is 10.6 Å². The number of benzene rings is 1.